The Bertz CT molecular complexity index is 855. The summed E-state index contributed by atoms with van der Waals surface area (Å²) in [5.74, 6) is 1.24. The molecule has 0 amide bonds. The number of hydrogen-bond acceptors (Lipinski definition) is 6. The van der Waals surface area contributed by atoms with Crippen molar-refractivity contribution in [2.45, 2.75) is 38.9 Å². The van der Waals surface area contributed by atoms with Gasteiger partial charge in [-0.2, -0.15) is 9.78 Å². The van der Waals surface area contributed by atoms with Gasteiger partial charge in [0.25, 0.3) is 0 Å². The van der Waals surface area contributed by atoms with Gasteiger partial charge < -0.3 is 5.32 Å². The summed E-state index contributed by atoms with van der Waals surface area (Å²) in [6, 6.07) is 5.14. The topological polar surface area (TPSA) is 86.3 Å². The maximum atomic E-state index is 14.1. The monoisotopic (exact) mass is 328 g/mol. The van der Waals surface area contributed by atoms with Gasteiger partial charge in [-0.1, -0.05) is 6.07 Å². The molecule has 0 aliphatic carbocycles. The highest BCUT2D eigenvalue weighted by molar-refractivity contribution is 5.36. The van der Waals surface area contributed by atoms with Crippen molar-refractivity contribution < 1.29 is 4.39 Å². The Labute approximate surface area is 137 Å². The van der Waals surface area contributed by atoms with Crippen molar-refractivity contribution in [2.75, 3.05) is 0 Å². The summed E-state index contributed by atoms with van der Waals surface area (Å²) in [5.41, 5.74) is 1.31. The van der Waals surface area contributed by atoms with Crippen LogP contribution in [0.5, 0.6) is 0 Å². The number of aromatic nitrogens is 7. The summed E-state index contributed by atoms with van der Waals surface area (Å²) in [6.45, 7) is 3.12. The Morgan fingerprint density at radius 2 is 2.29 bits per heavy atom. The number of tetrazole rings is 1. The summed E-state index contributed by atoms with van der Waals surface area (Å²) in [4.78, 5) is 4.22. The molecule has 9 heteroatoms. The summed E-state index contributed by atoms with van der Waals surface area (Å²) in [6.07, 6.45) is 3.44. The third kappa shape index (κ3) is 2.78. The molecule has 2 aromatic heterocycles. The first-order chi connectivity index (χ1) is 11.7. The highest BCUT2D eigenvalue weighted by Crippen LogP contribution is 2.16. The number of benzene rings is 1. The molecule has 0 fully saturated rings. The van der Waals surface area contributed by atoms with Crippen molar-refractivity contribution in [3.63, 3.8) is 0 Å². The first kappa shape index (κ1) is 14.9. The van der Waals surface area contributed by atoms with Crippen molar-refractivity contribution >= 4 is 0 Å². The maximum Gasteiger partial charge on any atom is 0.170 e. The molecule has 1 aromatic carbocycles. The zero-order valence-corrected chi connectivity index (χ0v) is 13.2. The van der Waals surface area contributed by atoms with Crippen LogP contribution >= 0.6 is 0 Å². The minimum atomic E-state index is -0.348. The summed E-state index contributed by atoms with van der Waals surface area (Å²) in [5, 5.41) is 19.3. The van der Waals surface area contributed by atoms with Gasteiger partial charge in [-0.3, -0.25) is 0 Å². The second-order valence-electron chi connectivity index (χ2n) is 5.94. The van der Waals surface area contributed by atoms with Crippen LogP contribution < -0.4 is 5.32 Å². The van der Waals surface area contributed by atoms with Gasteiger partial charge in [-0.05, 0) is 41.5 Å². The average Bonchev–Trinajstić information content (AvgIpc) is 3.23. The van der Waals surface area contributed by atoms with E-state index in [1.165, 1.54) is 10.7 Å². The third-order valence-corrected chi connectivity index (χ3v) is 4.22. The number of nitrogens with zero attached hydrogens (tertiary/aromatic N) is 7. The van der Waals surface area contributed by atoms with E-state index in [1.54, 1.807) is 18.5 Å². The predicted molar refractivity (Wildman–Crippen MR) is 82.8 cm³/mol. The second-order valence-corrected chi connectivity index (χ2v) is 5.94. The Kier molecular flexibility index (Phi) is 3.77. The molecule has 1 atom stereocenters. The van der Waals surface area contributed by atoms with Crippen molar-refractivity contribution in [3.05, 3.63) is 47.6 Å². The molecule has 4 rings (SSSR count). The summed E-state index contributed by atoms with van der Waals surface area (Å²) >= 11 is 0. The molecule has 124 valence electrons. The van der Waals surface area contributed by atoms with E-state index in [0.29, 0.717) is 18.1 Å². The molecule has 1 aliphatic rings. The van der Waals surface area contributed by atoms with E-state index in [9.17, 15) is 4.39 Å². The predicted octanol–water partition coefficient (Wildman–Crippen LogP) is 0.806. The lowest BCUT2D eigenvalue weighted by Crippen LogP contribution is -2.38. The Hall–Kier alpha value is -2.68. The molecular weight excluding hydrogens is 311 g/mol. The Morgan fingerprint density at radius 1 is 1.38 bits per heavy atom. The lowest BCUT2D eigenvalue weighted by atomic mass is 10.1. The number of fused-ring (bicyclic) bond motifs is 1. The third-order valence-electron chi connectivity index (χ3n) is 4.22. The zero-order chi connectivity index (χ0) is 16.5. The van der Waals surface area contributed by atoms with Crippen LogP contribution in [0, 0.1) is 12.7 Å². The van der Waals surface area contributed by atoms with Gasteiger partial charge in [0.05, 0.1) is 13.1 Å². The molecule has 8 nitrogen and oxygen atoms in total. The SMILES string of the molecule is Cc1ccc(F)c(-n2nnnc2CN[C@H]2CCc3ncnn3C2)c1. The smallest absolute Gasteiger partial charge is 0.170 e. The molecule has 0 spiro atoms. The van der Waals surface area contributed by atoms with Crippen molar-refractivity contribution in [2.24, 2.45) is 0 Å². The standard InChI is InChI=1S/C15H17FN8/c1-10-2-4-12(16)13(6-10)24-15(20-21-22-24)7-17-11-3-5-14-18-9-19-23(14)8-11/h2,4,6,9,11,17H,3,5,7-8H2,1H3/t11-/m0/s1. The van der Waals surface area contributed by atoms with E-state index in [2.05, 4.69) is 30.9 Å². The van der Waals surface area contributed by atoms with Crippen LogP contribution in [0.4, 0.5) is 4.39 Å². The Morgan fingerprint density at radius 3 is 3.21 bits per heavy atom. The molecule has 1 aliphatic heterocycles. The lowest BCUT2D eigenvalue weighted by Gasteiger charge is -2.23. The second kappa shape index (κ2) is 6.08. The van der Waals surface area contributed by atoms with Crippen LogP contribution in [0.15, 0.2) is 24.5 Å². The largest absolute Gasteiger partial charge is 0.305 e. The van der Waals surface area contributed by atoms with Crippen LogP contribution in [-0.4, -0.2) is 41.0 Å². The van der Waals surface area contributed by atoms with Crippen molar-refractivity contribution in [3.8, 4) is 5.69 Å². The molecule has 24 heavy (non-hydrogen) atoms. The first-order valence-corrected chi connectivity index (χ1v) is 7.84. The van der Waals surface area contributed by atoms with Gasteiger partial charge in [0, 0.05) is 12.5 Å². The van der Waals surface area contributed by atoms with Gasteiger partial charge in [0.1, 0.15) is 23.7 Å². The molecule has 3 aromatic rings. The fourth-order valence-electron chi connectivity index (χ4n) is 2.93. The van der Waals surface area contributed by atoms with Crippen molar-refractivity contribution in [1.82, 2.24) is 40.3 Å². The van der Waals surface area contributed by atoms with Gasteiger partial charge in [0.2, 0.25) is 0 Å². The maximum absolute atomic E-state index is 14.1. The molecule has 0 radical (unpaired) electrons. The first-order valence-electron chi connectivity index (χ1n) is 7.84. The number of nitrogens with one attached hydrogen (secondary N) is 1. The summed E-state index contributed by atoms with van der Waals surface area (Å²) in [7, 11) is 0. The van der Waals surface area contributed by atoms with Gasteiger partial charge in [-0.15, -0.1) is 5.10 Å². The van der Waals surface area contributed by atoms with Gasteiger partial charge in [0.15, 0.2) is 5.82 Å². The minimum Gasteiger partial charge on any atom is -0.305 e. The molecule has 0 saturated heterocycles. The fourth-order valence-corrected chi connectivity index (χ4v) is 2.93. The molecule has 3 heterocycles. The molecule has 1 N–H and O–H groups in total. The molecule has 0 saturated carbocycles. The normalized spacial score (nSPS) is 17.0. The number of aryl methyl sites for hydroxylation is 2. The average molecular weight is 328 g/mol. The Balaban J connectivity index is 1.49. The molecular formula is C15H17FN8. The van der Waals surface area contributed by atoms with Gasteiger partial charge >= 0.3 is 0 Å². The van der Waals surface area contributed by atoms with E-state index < -0.39 is 0 Å². The van der Waals surface area contributed by atoms with E-state index in [4.69, 9.17) is 0 Å². The van der Waals surface area contributed by atoms with E-state index in [0.717, 1.165) is 30.8 Å². The van der Waals surface area contributed by atoms with E-state index in [1.807, 2.05) is 11.6 Å². The lowest BCUT2D eigenvalue weighted by molar-refractivity contribution is 0.354. The fraction of sp³-hybridized carbons (Fsp3) is 0.400. The van der Waals surface area contributed by atoms with Crippen LogP contribution in [0.2, 0.25) is 0 Å². The zero-order valence-electron chi connectivity index (χ0n) is 13.2. The highest BCUT2D eigenvalue weighted by atomic mass is 19.1. The molecule has 0 bridgehead atoms. The number of rotatable bonds is 4. The molecule has 0 unspecified atom stereocenters. The van der Waals surface area contributed by atoms with Crippen LogP contribution in [0.3, 0.4) is 0 Å². The quantitative estimate of drug-likeness (QED) is 0.762. The number of hydrogen-bond donors (Lipinski definition) is 1. The highest BCUT2D eigenvalue weighted by Gasteiger charge is 2.20. The number of halogens is 1. The minimum absolute atomic E-state index is 0.256. The van der Waals surface area contributed by atoms with Crippen molar-refractivity contribution in [1.29, 1.82) is 0 Å². The van der Waals surface area contributed by atoms with Gasteiger partial charge in [-0.25, -0.2) is 14.1 Å². The summed E-state index contributed by atoms with van der Waals surface area (Å²) < 4.78 is 17.4. The van der Waals surface area contributed by atoms with Crippen LogP contribution in [0.25, 0.3) is 5.69 Å². The van der Waals surface area contributed by atoms with Crippen LogP contribution in [0.1, 0.15) is 23.6 Å². The van der Waals surface area contributed by atoms with E-state index in [-0.39, 0.29) is 11.9 Å². The van der Waals surface area contributed by atoms with Crippen LogP contribution in [-0.2, 0) is 19.5 Å². The van der Waals surface area contributed by atoms with E-state index >= 15 is 0 Å².